The third-order valence-electron chi connectivity index (χ3n) is 12.5. The maximum Gasteiger partial charge on any atom is 0.309 e. The number of carbonyl (C=O) groups excluding carboxylic acids is 3. The molecule has 9 bridgehead atoms. The molecule has 0 aromatic carbocycles. The van der Waals surface area contributed by atoms with Crippen LogP contribution in [0.15, 0.2) is 12.2 Å². The fourth-order valence-corrected chi connectivity index (χ4v) is 11.8. The summed E-state index contributed by atoms with van der Waals surface area (Å²) in [4.78, 5) is 40.7. The first-order valence-corrected chi connectivity index (χ1v) is 14.3. The molecule has 2 spiro atoms. The van der Waals surface area contributed by atoms with Crippen molar-refractivity contribution in [2.75, 3.05) is 6.54 Å². The zero-order chi connectivity index (χ0) is 28.2. The number of carbonyl (C=O) groups is 3. The van der Waals surface area contributed by atoms with Gasteiger partial charge in [0.25, 0.3) is 0 Å². The van der Waals surface area contributed by atoms with Gasteiger partial charge in [0.2, 0.25) is 0 Å². The molecule has 15 atom stereocenters. The number of rotatable bonds is 5. The van der Waals surface area contributed by atoms with Gasteiger partial charge < -0.3 is 29.5 Å². The number of nitrogens with zero attached hydrogens (tertiary/aromatic N) is 1. The molecule has 10 nitrogen and oxygen atoms in total. The van der Waals surface area contributed by atoms with Crippen molar-refractivity contribution in [3.05, 3.63) is 12.2 Å². The second kappa shape index (κ2) is 7.24. The van der Waals surface area contributed by atoms with Crippen LogP contribution in [-0.4, -0.2) is 92.4 Å². The van der Waals surface area contributed by atoms with E-state index in [0.29, 0.717) is 31.4 Å². The molecular formula is C29H39NO9. The summed E-state index contributed by atoms with van der Waals surface area (Å²) in [5.74, 6) is -2.96. The van der Waals surface area contributed by atoms with E-state index in [1.807, 2.05) is 13.8 Å². The van der Waals surface area contributed by atoms with E-state index >= 15 is 0 Å². The van der Waals surface area contributed by atoms with Crippen LogP contribution in [-0.2, 0) is 28.6 Å². The Hall–Kier alpha value is -2.01. The Kier molecular flexibility index (Phi) is 4.82. The van der Waals surface area contributed by atoms with E-state index in [0.717, 1.165) is 0 Å². The highest BCUT2D eigenvalue weighted by molar-refractivity contribution is 5.73. The molecule has 0 radical (unpaired) electrons. The lowest BCUT2D eigenvalue weighted by atomic mass is 9.36. The van der Waals surface area contributed by atoms with E-state index < -0.39 is 81.7 Å². The van der Waals surface area contributed by atoms with Crippen LogP contribution in [0, 0.1) is 34.0 Å². The van der Waals surface area contributed by atoms with Gasteiger partial charge in [0.1, 0.15) is 23.9 Å². The minimum absolute atomic E-state index is 0.0462. The Labute approximate surface area is 227 Å². The average Bonchev–Trinajstić information content (AvgIpc) is 3.27. The van der Waals surface area contributed by atoms with E-state index in [-0.39, 0.29) is 24.3 Å². The second-order valence-electron chi connectivity index (χ2n) is 13.9. The summed E-state index contributed by atoms with van der Waals surface area (Å²) < 4.78 is 18.5. The molecule has 15 unspecified atom stereocenters. The number of piperidine rings is 2. The van der Waals surface area contributed by atoms with Crippen LogP contribution in [0.3, 0.4) is 0 Å². The molecule has 3 heterocycles. The average molecular weight is 546 g/mol. The molecule has 10 heteroatoms. The molecule has 0 aromatic heterocycles. The zero-order valence-electron chi connectivity index (χ0n) is 23.2. The van der Waals surface area contributed by atoms with E-state index in [2.05, 4.69) is 11.5 Å². The largest absolute Gasteiger partial charge is 0.458 e. The summed E-state index contributed by atoms with van der Waals surface area (Å²) in [5.41, 5.74) is -5.45. The molecule has 9 aliphatic rings. The number of hydrogen-bond acceptors (Lipinski definition) is 10. The van der Waals surface area contributed by atoms with Crippen LogP contribution >= 0.6 is 0 Å². The summed E-state index contributed by atoms with van der Waals surface area (Å²) in [7, 11) is 0. The number of ether oxygens (including phenoxy) is 3. The molecule has 3 N–H and O–H groups in total. The van der Waals surface area contributed by atoms with Crippen molar-refractivity contribution in [3.8, 4) is 0 Å². The van der Waals surface area contributed by atoms with Gasteiger partial charge >= 0.3 is 17.9 Å². The Morgan fingerprint density at radius 2 is 1.82 bits per heavy atom. The predicted molar refractivity (Wildman–Crippen MR) is 134 cm³/mol. The van der Waals surface area contributed by atoms with Crippen molar-refractivity contribution in [2.45, 2.75) is 108 Å². The number of esters is 3. The quantitative estimate of drug-likeness (QED) is 0.257. The summed E-state index contributed by atoms with van der Waals surface area (Å²) in [6.45, 7) is 13.0. The molecule has 6 aliphatic carbocycles. The van der Waals surface area contributed by atoms with Gasteiger partial charge in [-0.15, -0.1) is 0 Å². The smallest absolute Gasteiger partial charge is 0.309 e. The lowest BCUT2D eigenvalue weighted by molar-refractivity contribution is -0.347. The number of fused-ring (bicyclic) bond motifs is 1. The highest BCUT2D eigenvalue weighted by Crippen LogP contribution is 2.90. The van der Waals surface area contributed by atoms with Crippen LogP contribution in [0.25, 0.3) is 0 Å². The number of aliphatic hydroxyl groups is 3. The van der Waals surface area contributed by atoms with Crippen molar-refractivity contribution in [1.29, 1.82) is 0 Å². The van der Waals surface area contributed by atoms with Gasteiger partial charge in [-0.1, -0.05) is 32.9 Å². The topological polar surface area (TPSA) is 143 Å². The third kappa shape index (κ3) is 2.32. The fourth-order valence-electron chi connectivity index (χ4n) is 11.8. The van der Waals surface area contributed by atoms with Crippen molar-refractivity contribution in [3.63, 3.8) is 0 Å². The summed E-state index contributed by atoms with van der Waals surface area (Å²) in [6.07, 6.45) is -2.79. The van der Waals surface area contributed by atoms with Gasteiger partial charge in [-0.05, 0) is 31.6 Å². The van der Waals surface area contributed by atoms with E-state index in [9.17, 15) is 29.7 Å². The first-order valence-electron chi connectivity index (χ1n) is 14.3. The predicted octanol–water partition coefficient (Wildman–Crippen LogP) is 0.703. The maximum absolute atomic E-state index is 13.2. The lowest BCUT2D eigenvalue weighted by Crippen LogP contribution is -2.83. The van der Waals surface area contributed by atoms with Gasteiger partial charge in [-0.2, -0.15) is 0 Å². The molecule has 39 heavy (non-hydrogen) atoms. The molecule has 3 saturated heterocycles. The fraction of sp³-hybridized carbons (Fsp3) is 0.828. The highest BCUT2D eigenvalue weighted by Gasteiger charge is 3.02. The van der Waals surface area contributed by atoms with Gasteiger partial charge in [-0.3, -0.25) is 19.3 Å². The molecule has 214 valence electrons. The van der Waals surface area contributed by atoms with Crippen molar-refractivity contribution >= 4 is 17.9 Å². The van der Waals surface area contributed by atoms with Gasteiger partial charge in [-0.25, -0.2) is 0 Å². The van der Waals surface area contributed by atoms with Gasteiger partial charge in [0.05, 0.1) is 23.5 Å². The maximum atomic E-state index is 13.2. The monoisotopic (exact) mass is 545 g/mol. The van der Waals surface area contributed by atoms with Crippen LogP contribution in [0.5, 0.6) is 0 Å². The van der Waals surface area contributed by atoms with E-state index in [1.54, 1.807) is 6.92 Å². The standard InChI is InChI=1S/C29H39NO9/c1-7-12(2)23(35)38-17-10-27-19-16-9-26-8-13(3)18(21(34)29(26,27)39-15(5)32)20(33)28(26,36)24(27)30(16)11-25(19,6)22(17)37-14(4)31/h12,16-22,24,33-34,36H,3,7-11H2,1-2,4-6H3. The Morgan fingerprint density at radius 3 is 2.44 bits per heavy atom. The molecular weight excluding hydrogens is 506 g/mol. The minimum Gasteiger partial charge on any atom is -0.458 e. The Bertz CT molecular complexity index is 1220. The minimum atomic E-state index is -1.67. The van der Waals surface area contributed by atoms with Crippen molar-refractivity contribution < 1.29 is 43.9 Å². The molecule has 6 saturated carbocycles. The van der Waals surface area contributed by atoms with E-state index in [1.165, 1.54) is 13.8 Å². The first-order chi connectivity index (χ1) is 18.2. The normalized spacial score (nSPS) is 57.4. The first kappa shape index (κ1) is 25.9. The van der Waals surface area contributed by atoms with Gasteiger partial charge in [0, 0.05) is 43.2 Å². The Morgan fingerprint density at radius 1 is 1.13 bits per heavy atom. The molecule has 9 fully saturated rings. The molecule has 9 rings (SSSR count). The summed E-state index contributed by atoms with van der Waals surface area (Å²) in [6, 6.07) is -0.679. The van der Waals surface area contributed by atoms with Crippen molar-refractivity contribution in [2.24, 2.45) is 34.0 Å². The summed E-state index contributed by atoms with van der Waals surface area (Å²) >= 11 is 0. The second-order valence-corrected chi connectivity index (χ2v) is 13.9. The summed E-state index contributed by atoms with van der Waals surface area (Å²) in [5, 5.41) is 36.7. The van der Waals surface area contributed by atoms with Crippen LogP contribution in [0.1, 0.15) is 60.3 Å². The molecule has 0 amide bonds. The number of aliphatic hydroxyl groups excluding tert-OH is 2. The highest BCUT2D eigenvalue weighted by atomic mass is 16.6. The van der Waals surface area contributed by atoms with Gasteiger partial charge in [0.15, 0.2) is 5.60 Å². The SMILES string of the molecule is C=C1CC23CC4C5C6(C)CN4C4C2(O)C(O)C1C(O)C3(OC(C)=O)C54CC(OC(=O)C(C)CC)C6OC(C)=O. The van der Waals surface area contributed by atoms with Crippen LogP contribution in [0.4, 0.5) is 0 Å². The van der Waals surface area contributed by atoms with Crippen LogP contribution in [0.2, 0.25) is 0 Å². The zero-order valence-corrected chi connectivity index (χ0v) is 23.2. The Balaban J connectivity index is 1.48. The lowest BCUT2D eigenvalue weighted by Gasteiger charge is -2.72. The van der Waals surface area contributed by atoms with Crippen LogP contribution < -0.4 is 0 Å². The third-order valence-corrected chi connectivity index (χ3v) is 12.5. The molecule has 3 aliphatic heterocycles. The molecule has 0 aromatic rings. The number of hydrogen-bond donors (Lipinski definition) is 3. The van der Waals surface area contributed by atoms with E-state index in [4.69, 9.17) is 14.2 Å². The van der Waals surface area contributed by atoms with Crippen molar-refractivity contribution in [1.82, 2.24) is 4.90 Å².